The Kier molecular flexibility index (Phi) is 7.92. The molecule has 4 heteroatoms. The fourth-order valence-corrected chi connectivity index (χ4v) is 5.73. The largest absolute Gasteiger partial charge is 0.309 e. The molecule has 0 aliphatic rings. The van der Waals surface area contributed by atoms with Crippen molar-refractivity contribution in [2.75, 3.05) is 0 Å². The summed E-state index contributed by atoms with van der Waals surface area (Å²) in [6, 6.07) is 35.1. The van der Waals surface area contributed by atoms with E-state index in [0.29, 0.717) is 0 Å². The Bertz CT molecular complexity index is 2120. The molecule has 7 aromatic rings. The Morgan fingerprint density at radius 1 is 0.370 bits per heavy atom. The maximum Gasteiger partial charge on any atom is 0.169 e. The number of pyridine rings is 3. The van der Waals surface area contributed by atoms with Crippen LogP contribution in [0.5, 0.6) is 0 Å². The molecule has 7 rings (SSSR count). The van der Waals surface area contributed by atoms with E-state index in [1.807, 2.05) is 34.8 Å². The van der Waals surface area contributed by atoms with E-state index in [1.54, 1.807) is 0 Å². The van der Waals surface area contributed by atoms with E-state index in [2.05, 4.69) is 175 Å². The zero-order chi connectivity index (χ0) is 31.5. The van der Waals surface area contributed by atoms with Crippen LogP contribution >= 0.6 is 0 Å². The minimum Gasteiger partial charge on any atom is -0.309 e. The van der Waals surface area contributed by atoms with Gasteiger partial charge in [0.15, 0.2) is 37.2 Å². The molecule has 222 valence electrons. The summed E-state index contributed by atoms with van der Waals surface area (Å²) in [7, 11) is 6.11. The van der Waals surface area contributed by atoms with Crippen LogP contribution in [0.25, 0.3) is 63.9 Å². The number of aryl methyl sites for hydroxylation is 3. The van der Waals surface area contributed by atoms with Crippen molar-refractivity contribution in [3.8, 4) is 5.69 Å². The topological polar surface area (TPSA) is 16.6 Å². The van der Waals surface area contributed by atoms with E-state index in [-0.39, 0.29) is 0 Å². The highest BCUT2D eigenvalue weighted by atomic mass is 15.0. The normalized spacial score (nSPS) is 12.0. The van der Waals surface area contributed by atoms with E-state index < -0.39 is 0 Å². The summed E-state index contributed by atoms with van der Waals surface area (Å²) in [5, 5.41) is 2.47. The van der Waals surface area contributed by atoms with Gasteiger partial charge >= 0.3 is 0 Å². The molecule has 0 atom stereocenters. The first-order chi connectivity index (χ1) is 22.5. The van der Waals surface area contributed by atoms with Gasteiger partial charge < -0.3 is 4.57 Å². The molecule has 0 N–H and O–H groups in total. The third kappa shape index (κ3) is 6.33. The molecule has 0 spiro atoms. The van der Waals surface area contributed by atoms with Crippen LogP contribution in [0, 0.1) is 0 Å². The molecule has 4 aromatic heterocycles. The predicted octanol–water partition coefficient (Wildman–Crippen LogP) is 7.77. The third-order valence-corrected chi connectivity index (χ3v) is 8.38. The lowest BCUT2D eigenvalue weighted by molar-refractivity contribution is -0.671. The lowest BCUT2D eigenvalue weighted by Crippen LogP contribution is -2.25. The first kappa shape index (κ1) is 28.9. The number of hydrogen-bond donors (Lipinski definition) is 0. The van der Waals surface area contributed by atoms with Gasteiger partial charge in [0.2, 0.25) is 0 Å². The zero-order valence-corrected chi connectivity index (χ0v) is 26.5. The highest BCUT2D eigenvalue weighted by molar-refractivity contribution is 6.10. The molecule has 3 aromatic carbocycles. The second-order valence-electron chi connectivity index (χ2n) is 11.9. The average molecular weight is 598 g/mol. The van der Waals surface area contributed by atoms with Gasteiger partial charge in [0.05, 0.1) is 11.0 Å². The van der Waals surface area contributed by atoms with Crippen molar-refractivity contribution in [3.63, 3.8) is 0 Å². The van der Waals surface area contributed by atoms with Crippen LogP contribution in [-0.2, 0) is 21.1 Å². The number of aromatic nitrogens is 4. The number of hydrogen-bond acceptors (Lipinski definition) is 0. The number of fused-ring (bicyclic) bond motifs is 3. The van der Waals surface area contributed by atoms with Crippen LogP contribution in [0.3, 0.4) is 0 Å². The van der Waals surface area contributed by atoms with E-state index in [9.17, 15) is 0 Å². The molecule has 0 unspecified atom stereocenters. The van der Waals surface area contributed by atoms with Gasteiger partial charge in [-0.15, -0.1) is 0 Å². The van der Waals surface area contributed by atoms with Gasteiger partial charge in [-0.1, -0.05) is 60.7 Å². The molecule has 46 heavy (non-hydrogen) atoms. The SMILES string of the molecule is C[n+]1ccc(/C=C/c2ccc(-n3c4ccc(/C=C/c5cc[n+](C)cc5)cc4c4cc(/C=C/c5cc[n+](C)cc5)ccc43)cc2)cc1. The molecule has 0 aliphatic carbocycles. The number of rotatable bonds is 7. The van der Waals surface area contributed by atoms with Gasteiger partial charge in [-0.3, -0.25) is 0 Å². The summed E-state index contributed by atoms with van der Waals surface area (Å²) in [5.74, 6) is 0. The highest BCUT2D eigenvalue weighted by Gasteiger charge is 2.13. The van der Waals surface area contributed by atoms with E-state index in [1.165, 1.54) is 55.2 Å². The molecule has 4 nitrogen and oxygen atoms in total. The van der Waals surface area contributed by atoms with Gasteiger partial charge in [0.1, 0.15) is 21.1 Å². The van der Waals surface area contributed by atoms with Crippen LogP contribution < -0.4 is 13.7 Å². The van der Waals surface area contributed by atoms with Crippen molar-refractivity contribution in [1.82, 2.24) is 4.57 Å². The third-order valence-electron chi connectivity index (χ3n) is 8.38. The molecular weight excluding hydrogens is 560 g/mol. The first-order valence-electron chi connectivity index (χ1n) is 15.6. The molecular formula is C42H37N4+3. The van der Waals surface area contributed by atoms with Gasteiger partial charge in [-0.05, 0) is 69.8 Å². The van der Waals surface area contributed by atoms with Gasteiger partial charge in [0, 0.05) is 52.9 Å². The van der Waals surface area contributed by atoms with Crippen molar-refractivity contribution < 1.29 is 13.7 Å². The van der Waals surface area contributed by atoms with Gasteiger partial charge in [-0.2, -0.15) is 0 Å². The van der Waals surface area contributed by atoms with Crippen LogP contribution in [0.1, 0.15) is 33.4 Å². The highest BCUT2D eigenvalue weighted by Crippen LogP contribution is 2.34. The minimum absolute atomic E-state index is 1.14. The summed E-state index contributed by atoms with van der Waals surface area (Å²) in [4.78, 5) is 0. The maximum absolute atomic E-state index is 2.38. The van der Waals surface area contributed by atoms with Crippen LogP contribution in [-0.4, -0.2) is 4.57 Å². The molecule has 0 radical (unpaired) electrons. The van der Waals surface area contributed by atoms with Crippen LogP contribution in [0.2, 0.25) is 0 Å². The number of nitrogens with zero attached hydrogens (tertiary/aromatic N) is 4. The van der Waals surface area contributed by atoms with E-state index in [4.69, 9.17) is 0 Å². The minimum atomic E-state index is 1.14. The van der Waals surface area contributed by atoms with E-state index in [0.717, 1.165) is 5.69 Å². The van der Waals surface area contributed by atoms with Crippen molar-refractivity contribution >= 4 is 58.3 Å². The summed E-state index contributed by atoms with van der Waals surface area (Å²) in [5.41, 5.74) is 10.6. The Balaban J connectivity index is 1.28. The van der Waals surface area contributed by atoms with Crippen LogP contribution in [0.15, 0.2) is 134 Å². The Labute approximate surface area is 270 Å². The first-order valence-corrected chi connectivity index (χ1v) is 15.6. The monoisotopic (exact) mass is 597 g/mol. The van der Waals surface area contributed by atoms with Crippen molar-refractivity contribution in [2.24, 2.45) is 21.1 Å². The Hall–Kier alpha value is -5.87. The quantitative estimate of drug-likeness (QED) is 0.167. The summed E-state index contributed by atoms with van der Waals surface area (Å²) in [6.45, 7) is 0. The average Bonchev–Trinajstić information content (AvgIpc) is 3.41. The zero-order valence-electron chi connectivity index (χ0n) is 26.5. The van der Waals surface area contributed by atoms with Crippen molar-refractivity contribution in [1.29, 1.82) is 0 Å². The molecule has 0 saturated heterocycles. The second kappa shape index (κ2) is 12.6. The summed E-state index contributed by atoms with van der Waals surface area (Å²) >= 11 is 0. The fourth-order valence-electron chi connectivity index (χ4n) is 5.73. The van der Waals surface area contributed by atoms with Gasteiger partial charge in [0.25, 0.3) is 0 Å². The van der Waals surface area contributed by atoms with Crippen molar-refractivity contribution in [2.45, 2.75) is 0 Å². The smallest absolute Gasteiger partial charge is 0.169 e. The molecule has 0 amide bonds. The molecule has 0 saturated carbocycles. The molecule has 0 bridgehead atoms. The van der Waals surface area contributed by atoms with E-state index >= 15 is 0 Å². The predicted molar refractivity (Wildman–Crippen MR) is 190 cm³/mol. The molecule has 0 aliphatic heterocycles. The Morgan fingerprint density at radius 3 is 1.04 bits per heavy atom. The summed E-state index contributed by atoms with van der Waals surface area (Å²) in [6.07, 6.45) is 25.5. The second-order valence-corrected chi connectivity index (χ2v) is 11.9. The van der Waals surface area contributed by atoms with Crippen LogP contribution in [0.4, 0.5) is 0 Å². The fraction of sp³-hybridized carbons (Fsp3) is 0.0714. The lowest BCUT2D eigenvalue weighted by atomic mass is 10.1. The lowest BCUT2D eigenvalue weighted by Gasteiger charge is -2.09. The van der Waals surface area contributed by atoms with Gasteiger partial charge in [-0.25, -0.2) is 13.7 Å². The Morgan fingerprint density at radius 2 is 0.674 bits per heavy atom. The molecule has 0 fully saturated rings. The molecule has 4 heterocycles. The number of benzene rings is 3. The maximum atomic E-state index is 2.38. The standard InChI is InChI=1S/C42H37N4/c1-43-24-18-33(19-25-43)5-4-32-10-14-38(15-11-32)46-41-16-12-36(8-6-34-20-26-44(2)27-21-34)30-39(41)40-31-37(13-17-42(40)46)9-7-35-22-28-45(3)29-23-35/h4-31H,1-3H3/q+3. The summed E-state index contributed by atoms with van der Waals surface area (Å²) < 4.78 is 8.52. The van der Waals surface area contributed by atoms with Crippen molar-refractivity contribution in [3.05, 3.63) is 168 Å².